The molecule has 2 aromatic carbocycles. The van der Waals surface area contributed by atoms with Gasteiger partial charge in [0.25, 0.3) is 0 Å². The average molecular weight is 565 g/mol. The number of fused-ring (bicyclic) bond motifs is 2. The molecule has 1 aromatic heterocycles. The summed E-state index contributed by atoms with van der Waals surface area (Å²) in [6.45, 7) is 10.4. The molecule has 2 aliphatic heterocycles. The molecular formula is C30H36N4O5S. The first-order valence-electron chi connectivity index (χ1n) is 13.5. The van der Waals surface area contributed by atoms with Gasteiger partial charge < -0.3 is 19.5 Å². The van der Waals surface area contributed by atoms with Crippen LogP contribution in [0.4, 0.5) is 5.82 Å². The van der Waals surface area contributed by atoms with E-state index >= 15 is 0 Å². The number of nitrogens with zero attached hydrogens (tertiary/aromatic N) is 3. The molecule has 0 saturated carbocycles. The van der Waals surface area contributed by atoms with Crippen molar-refractivity contribution in [2.75, 3.05) is 31.1 Å². The molecule has 9 nitrogen and oxygen atoms in total. The second-order valence-corrected chi connectivity index (χ2v) is 12.2. The van der Waals surface area contributed by atoms with E-state index in [0.717, 1.165) is 28.9 Å². The Balaban J connectivity index is 1.72. The molecule has 0 bridgehead atoms. The smallest absolute Gasteiger partial charge is 0.240 e. The van der Waals surface area contributed by atoms with Crippen molar-refractivity contribution in [3.8, 4) is 22.9 Å². The van der Waals surface area contributed by atoms with Crippen molar-refractivity contribution in [2.24, 2.45) is 0 Å². The summed E-state index contributed by atoms with van der Waals surface area (Å²) < 4.78 is 18.4. The van der Waals surface area contributed by atoms with Gasteiger partial charge in [0.1, 0.15) is 18.1 Å². The summed E-state index contributed by atoms with van der Waals surface area (Å²) in [5.41, 5.74) is 3.16. The van der Waals surface area contributed by atoms with Crippen LogP contribution in [0.25, 0.3) is 5.69 Å². The first-order chi connectivity index (χ1) is 19.1. The van der Waals surface area contributed by atoms with E-state index < -0.39 is 0 Å². The lowest BCUT2D eigenvalue weighted by Crippen LogP contribution is -2.44. The number of methoxy groups -OCH3 is 1. The van der Waals surface area contributed by atoms with Crippen LogP contribution in [0, 0.1) is 0 Å². The number of anilines is 1. The van der Waals surface area contributed by atoms with E-state index in [-0.39, 0.29) is 47.6 Å². The SMILES string of the molecule is CC[C@H](C)NC(=O)CN1C(=O)CS[C@@H](c2ccc3c(c2)OCO3)c2c(C(C)(C)C)nn(-c3ccc(OC)cc3)c21. The molecule has 5 rings (SSSR count). The zero-order chi connectivity index (χ0) is 28.6. The van der Waals surface area contributed by atoms with Gasteiger partial charge in [-0.1, -0.05) is 33.8 Å². The van der Waals surface area contributed by atoms with Crippen LogP contribution in [0.1, 0.15) is 63.1 Å². The molecule has 2 aliphatic rings. The Labute approximate surface area is 239 Å². The predicted octanol–water partition coefficient (Wildman–Crippen LogP) is 4.99. The quantitative estimate of drug-likeness (QED) is 0.432. The Morgan fingerprint density at radius 3 is 2.58 bits per heavy atom. The Hall–Kier alpha value is -3.66. The summed E-state index contributed by atoms with van der Waals surface area (Å²) in [5.74, 6) is 2.55. The maximum atomic E-state index is 13.8. The Morgan fingerprint density at radius 1 is 1.18 bits per heavy atom. The van der Waals surface area contributed by atoms with E-state index in [1.165, 1.54) is 11.8 Å². The van der Waals surface area contributed by atoms with Crippen molar-refractivity contribution in [2.45, 2.75) is 57.7 Å². The van der Waals surface area contributed by atoms with E-state index in [9.17, 15) is 9.59 Å². The van der Waals surface area contributed by atoms with Gasteiger partial charge >= 0.3 is 0 Å². The third-order valence-corrected chi connectivity index (χ3v) is 8.39. The minimum absolute atomic E-state index is 0.00133. The number of thioether (sulfide) groups is 1. The second-order valence-electron chi connectivity index (χ2n) is 11.1. The fraction of sp³-hybridized carbons (Fsp3) is 0.433. The van der Waals surface area contributed by atoms with Crippen molar-refractivity contribution in [1.29, 1.82) is 0 Å². The average Bonchev–Trinajstić information content (AvgIpc) is 3.53. The number of amides is 2. The fourth-order valence-corrected chi connectivity index (χ4v) is 6.07. The van der Waals surface area contributed by atoms with Crippen molar-refractivity contribution in [3.63, 3.8) is 0 Å². The van der Waals surface area contributed by atoms with Gasteiger partial charge in [-0.25, -0.2) is 4.68 Å². The molecule has 2 amide bonds. The molecular weight excluding hydrogens is 528 g/mol. The molecule has 1 N–H and O–H groups in total. The van der Waals surface area contributed by atoms with Crippen LogP contribution >= 0.6 is 11.8 Å². The first kappa shape index (κ1) is 27.9. The number of hydrogen-bond donors (Lipinski definition) is 1. The van der Waals surface area contributed by atoms with Crippen molar-refractivity contribution in [3.05, 3.63) is 59.3 Å². The maximum Gasteiger partial charge on any atom is 0.240 e. The molecule has 40 heavy (non-hydrogen) atoms. The number of hydrogen-bond acceptors (Lipinski definition) is 7. The number of benzene rings is 2. The lowest BCUT2D eigenvalue weighted by molar-refractivity contribution is -0.123. The highest BCUT2D eigenvalue weighted by Gasteiger charge is 2.40. The number of ether oxygens (including phenoxy) is 3. The molecule has 2 atom stereocenters. The number of rotatable bonds is 7. The molecule has 212 valence electrons. The van der Waals surface area contributed by atoms with Gasteiger partial charge in [0.05, 0.1) is 29.5 Å². The number of aromatic nitrogens is 2. The molecule has 3 heterocycles. The fourth-order valence-electron chi connectivity index (χ4n) is 4.88. The van der Waals surface area contributed by atoms with Crippen molar-refractivity contribution < 1.29 is 23.8 Å². The normalized spacial score (nSPS) is 17.3. The molecule has 3 aromatic rings. The standard InChI is InChI=1S/C30H36N4O5S/c1-7-18(2)31-24(35)15-33-25(36)16-40-27(19-8-13-22-23(14-19)39-17-38-22)26-28(30(3,4)5)32-34(29(26)33)20-9-11-21(37-6)12-10-20/h8-14,18,27H,7,15-17H2,1-6H3,(H,31,35)/t18-,27-/m0/s1. The molecule has 0 fully saturated rings. The minimum atomic E-state index is -0.352. The highest BCUT2D eigenvalue weighted by atomic mass is 32.2. The van der Waals surface area contributed by atoms with Crippen LogP contribution in [-0.2, 0) is 15.0 Å². The zero-order valence-corrected chi connectivity index (χ0v) is 24.6. The largest absolute Gasteiger partial charge is 0.497 e. The van der Waals surface area contributed by atoms with Crippen LogP contribution < -0.4 is 24.4 Å². The first-order valence-corrected chi connectivity index (χ1v) is 14.5. The van der Waals surface area contributed by atoms with E-state index in [0.29, 0.717) is 23.1 Å². The van der Waals surface area contributed by atoms with Crippen LogP contribution in [0.2, 0.25) is 0 Å². The van der Waals surface area contributed by atoms with Crippen LogP contribution in [0.15, 0.2) is 42.5 Å². The third-order valence-electron chi connectivity index (χ3n) is 7.14. The van der Waals surface area contributed by atoms with Gasteiger partial charge in [-0.15, -0.1) is 11.8 Å². The monoisotopic (exact) mass is 564 g/mol. The van der Waals surface area contributed by atoms with Gasteiger partial charge in [0, 0.05) is 17.0 Å². The molecule has 0 radical (unpaired) electrons. The predicted molar refractivity (Wildman–Crippen MR) is 156 cm³/mol. The lowest BCUT2D eigenvalue weighted by Gasteiger charge is -2.25. The van der Waals surface area contributed by atoms with E-state index in [4.69, 9.17) is 19.3 Å². The Kier molecular flexibility index (Phi) is 7.72. The van der Waals surface area contributed by atoms with Crippen LogP contribution in [-0.4, -0.2) is 53.8 Å². The topological polar surface area (TPSA) is 94.9 Å². The number of carbonyl (C=O) groups is 2. The minimum Gasteiger partial charge on any atom is -0.497 e. The van der Waals surface area contributed by atoms with E-state index in [1.807, 2.05) is 56.3 Å². The number of carbonyl (C=O) groups excluding carboxylic acids is 2. The van der Waals surface area contributed by atoms with E-state index in [2.05, 4.69) is 26.1 Å². The zero-order valence-electron chi connectivity index (χ0n) is 23.8. The molecule has 0 aliphatic carbocycles. The summed E-state index contributed by atoms with van der Waals surface area (Å²) in [7, 11) is 1.62. The van der Waals surface area contributed by atoms with Crippen molar-refractivity contribution >= 4 is 29.4 Å². The summed E-state index contributed by atoms with van der Waals surface area (Å²) in [6.07, 6.45) is 0.797. The molecule has 0 unspecified atom stereocenters. The van der Waals surface area contributed by atoms with Gasteiger partial charge in [-0.3, -0.25) is 14.5 Å². The van der Waals surface area contributed by atoms with Gasteiger partial charge in [-0.2, -0.15) is 5.10 Å². The summed E-state index contributed by atoms with van der Waals surface area (Å²) in [4.78, 5) is 28.6. The van der Waals surface area contributed by atoms with E-state index in [1.54, 1.807) is 16.7 Å². The number of nitrogens with one attached hydrogen (secondary N) is 1. The Morgan fingerprint density at radius 2 is 1.90 bits per heavy atom. The van der Waals surface area contributed by atoms with Gasteiger partial charge in [0.15, 0.2) is 11.5 Å². The van der Waals surface area contributed by atoms with Crippen molar-refractivity contribution in [1.82, 2.24) is 15.1 Å². The third kappa shape index (κ3) is 5.37. The second kappa shape index (κ2) is 11.1. The molecule has 10 heteroatoms. The lowest BCUT2D eigenvalue weighted by atomic mass is 9.87. The van der Waals surface area contributed by atoms with Crippen LogP contribution in [0.3, 0.4) is 0 Å². The van der Waals surface area contributed by atoms with Gasteiger partial charge in [0.2, 0.25) is 18.6 Å². The highest BCUT2D eigenvalue weighted by Crippen LogP contribution is 2.49. The summed E-state index contributed by atoms with van der Waals surface area (Å²) >= 11 is 1.53. The Bertz CT molecular complexity index is 1410. The highest BCUT2D eigenvalue weighted by molar-refractivity contribution is 8.00. The summed E-state index contributed by atoms with van der Waals surface area (Å²) in [6, 6.07) is 13.5. The molecule has 0 saturated heterocycles. The maximum absolute atomic E-state index is 13.8. The molecule has 0 spiro atoms. The van der Waals surface area contributed by atoms with Gasteiger partial charge in [-0.05, 0) is 55.3 Å². The summed E-state index contributed by atoms with van der Waals surface area (Å²) in [5, 5.41) is 7.92. The van der Waals surface area contributed by atoms with Crippen LogP contribution in [0.5, 0.6) is 17.2 Å².